The molecule has 0 aliphatic rings. The van der Waals surface area contributed by atoms with E-state index in [0.717, 1.165) is 11.1 Å². The van der Waals surface area contributed by atoms with Gasteiger partial charge in [0, 0.05) is 15.6 Å². The van der Waals surface area contributed by atoms with Crippen molar-refractivity contribution in [3.63, 3.8) is 0 Å². The van der Waals surface area contributed by atoms with Crippen LogP contribution in [0.4, 0.5) is 0 Å². The van der Waals surface area contributed by atoms with Crippen LogP contribution in [0.15, 0.2) is 70.5 Å². The third-order valence-corrected chi connectivity index (χ3v) is 6.96. The van der Waals surface area contributed by atoms with E-state index in [9.17, 15) is 13.7 Å². The molecule has 33 heavy (non-hydrogen) atoms. The zero-order valence-corrected chi connectivity index (χ0v) is 20.3. The van der Waals surface area contributed by atoms with Crippen molar-refractivity contribution < 1.29 is 17.9 Å². The molecule has 5 nitrogen and oxygen atoms in total. The van der Waals surface area contributed by atoms with Gasteiger partial charge in [0.05, 0.1) is 11.5 Å². The monoisotopic (exact) mass is 501 g/mol. The standard InChI is InChI=1S/C25H21Cl2NO4S/c1-3-31-25-13-18(6-11-24(25)32-16-19-7-8-20(26)14-23(19)27)12-22(15-28)33(29,30)21-9-4-17(2)5-10-21/h4-14H,3,16H2,1-2H3/b22-12+. The Labute approximate surface area is 203 Å². The number of allylic oxidation sites excluding steroid dienone is 1. The normalized spacial score (nSPS) is 11.7. The van der Waals surface area contributed by atoms with E-state index < -0.39 is 9.84 Å². The van der Waals surface area contributed by atoms with Crippen LogP contribution in [0.5, 0.6) is 11.5 Å². The zero-order valence-electron chi connectivity index (χ0n) is 18.0. The molecule has 0 saturated carbocycles. The lowest BCUT2D eigenvalue weighted by Crippen LogP contribution is -2.04. The number of sulfone groups is 1. The Morgan fingerprint density at radius 2 is 1.73 bits per heavy atom. The van der Waals surface area contributed by atoms with Crippen LogP contribution in [0.25, 0.3) is 6.08 Å². The van der Waals surface area contributed by atoms with Gasteiger partial charge in [-0.25, -0.2) is 8.42 Å². The minimum Gasteiger partial charge on any atom is -0.490 e. The molecule has 0 atom stereocenters. The van der Waals surface area contributed by atoms with E-state index in [1.165, 1.54) is 18.2 Å². The van der Waals surface area contributed by atoms with Gasteiger partial charge in [-0.3, -0.25) is 0 Å². The van der Waals surface area contributed by atoms with E-state index in [1.807, 2.05) is 13.8 Å². The molecule has 0 spiro atoms. The summed E-state index contributed by atoms with van der Waals surface area (Å²) in [6.45, 7) is 4.25. The van der Waals surface area contributed by atoms with Gasteiger partial charge >= 0.3 is 0 Å². The molecule has 0 N–H and O–H groups in total. The fraction of sp³-hybridized carbons (Fsp3) is 0.160. The first kappa shape index (κ1) is 24.7. The van der Waals surface area contributed by atoms with Crippen LogP contribution < -0.4 is 9.47 Å². The average Bonchev–Trinajstić information content (AvgIpc) is 2.78. The van der Waals surface area contributed by atoms with Crippen molar-refractivity contribution >= 4 is 39.1 Å². The van der Waals surface area contributed by atoms with Gasteiger partial charge in [-0.1, -0.05) is 53.0 Å². The van der Waals surface area contributed by atoms with Crippen LogP contribution in [-0.2, 0) is 16.4 Å². The SMILES string of the molecule is CCOc1cc(/C=C(\C#N)S(=O)(=O)c2ccc(C)cc2)ccc1OCc1ccc(Cl)cc1Cl. The second-order valence-corrected chi connectivity index (χ2v) is 9.86. The summed E-state index contributed by atoms with van der Waals surface area (Å²) in [5.41, 5.74) is 2.17. The molecule has 0 aliphatic heterocycles. The summed E-state index contributed by atoms with van der Waals surface area (Å²) in [7, 11) is -3.95. The van der Waals surface area contributed by atoms with Crippen molar-refractivity contribution in [1.29, 1.82) is 5.26 Å². The number of rotatable bonds is 8. The summed E-state index contributed by atoms with van der Waals surface area (Å²) in [4.78, 5) is -0.304. The Hall–Kier alpha value is -2.98. The van der Waals surface area contributed by atoms with Gasteiger partial charge in [0.25, 0.3) is 0 Å². The lowest BCUT2D eigenvalue weighted by atomic mass is 10.2. The van der Waals surface area contributed by atoms with Crippen LogP contribution in [0.3, 0.4) is 0 Å². The molecule has 0 bridgehead atoms. The zero-order chi connectivity index (χ0) is 24.0. The fourth-order valence-corrected chi connectivity index (χ4v) is 4.58. The summed E-state index contributed by atoms with van der Waals surface area (Å²) < 4.78 is 37.4. The molecule has 8 heteroatoms. The van der Waals surface area contributed by atoms with Crippen LogP contribution in [0.2, 0.25) is 10.0 Å². The molecule has 170 valence electrons. The van der Waals surface area contributed by atoms with E-state index in [0.29, 0.717) is 33.7 Å². The van der Waals surface area contributed by atoms with Gasteiger partial charge < -0.3 is 9.47 Å². The van der Waals surface area contributed by atoms with Gasteiger partial charge in [0.15, 0.2) is 11.5 Å². The predicted molar refractivity (Wildman–Crippen MR) is 130 cm³/mol. The number of halogens is 2. The molecule has 0 fully saturated rings. The molecule has 0 saturated heterocycles. The first-order valence-electron chi connectivity index (χ1n) is 10.0. The molecule has 0 unspecified atom stereocenters. The number of benzene rings is 3. The van der Waals surface area contributed by atoms with Crippen molar-refractivity contribution in [2.45, 2.75) is 25.3 Å². The number of hydrogen-bond acceptors (Lipinski definition) is 5. The van der Waals surface area contributed by atoms with Gasteiger partial charge in [-0.15, -0.1) is 0 Å². The number of nitriles is 1. The lowest BCUT2D eigenvalue weighted by Gasteiger charge is -2.13. The highest BCUT2D eigenvalue weighted by molar-refractivity contribution is 7.95. The molecule has 3 aromatic rings. The fourth-order valence-electron chi connectivity index (χ4n) is 2.96. The third-order valence-electron chi connectivity index (χ3n) is 4.69. The Morgan fingerprint density at radius 1 is 1.00 bits per heavy atom. The Kier molecular flexibility index (Phi) is 8.04. The number of hydrogen-bond donors (Lipinski definition) is 0. The summed E-state index contributed by atoms with van der Waals surface area (Å²) in [5, 5.41) is 10.6. The molecular weight excluding hydrogens is 481 g/mol. The maximum Gasteiger partial charge on any atom is 0.216 e. The highest BCUT2D eigenvalue weighted by atomic mass is 35.5. The molecule has 0 amide bonds. The van der Waals surface area contributed by atoms with Crippen LogP contribution in [0, 0.1) is 18.3 Å². The topological polar surface area (TPSA) is 76.4 Å². The number of nitrogens with zero attached hydrogens (tertiary/aromatic N) is 1. The van der Waals surface area contributed by atoms with Crippen LogP contribution >= 0.6 is 23.2 Å². The third kappa shape index (κ3) is 6.08. The van der Waals surface area contributed by atoms with E-state index in [4.69, 9.17) is 32.7 Å². The molecule has 3 rings (SSSR count). The van der Waals surface area contributed by atoms with Crippen LogP contribution in [-0.4, -0.2) is 15.0 Å². The van der Waals surface area contributed by atoms with Crippen molar-refractivity contribution in [3.8, 4) is 17.6 Å². The van der Waals surface area contributed by atoms with Crippen molar-refractivity contribution in [2.24, 2.45) is 0 Å². The smallest absolute Gasteiger partial charge is 0.216 e. The first-order chi connectivity index (χ1) is 15.7. The van der Waals surface area contributed by atoms with E-state index in [2.05, 4.69) is 0 Å². The largest absolute Gasteiger partial charge is 0.490 e. The quantitative estimate of drug-likeness (QED) is 0.324. The number of ether oxygens (including phenoxy) is 2. The van der Waals surface area contributed by atoms with Crippen molar-refractivity contribution in [1.82, 2.24) is 0 Å². The molecule has 3 aromatic carbocycles. The summed E-state index contributed by atoms with van der Waals surface area (Å²) in [6.07, 6.45) is 1.32. The molecule has 0 radical (unpaired) electrons. The van der Waals surface area contributed by atoms with E-state index in [-0.39, 0.29) is 16.4 Å². The van der Waals surface area contributed by atoms with Gasteiger partial charge in [-0.05, 0) is 61.9 Å². The Bertz CT molecular complexity index is 1330. The summed E-state index contributed by atoms with van der Waals surface area (Å²) >= 11 is 12.1. The summed E-state index contributed by atoms with van der Waals surface area (Å²) in [6, 6.07) is 18.2. The highest BCUT2D eigenvalue weighted by Crippen LogP contribution is 2.32. The van der Waals surface area contributed by atoms with Gasteiger partial charge in [0.1, 0.15) is 17.6 Å². The molecule has 0 heterocycles. The van der Waals surface area contributed by atoms with Crippen molar-refractivity contribution in [2.75, 3.05) is 6.61 Å². The van der Waals surface area contributed by atoms with Gasteiger partial charge in [-0.2, -0.15) is 5.26 Å². The molecule has 0 aliphatic carbocycles. The maximum atomic E-state index is 12.9. The second-order valence-electron chi connectivity index (χ2n) is 7.10. The van der Waals surface area contributed by atoms with E-state index in [1.54, 1.807) is 54.6 Å². The van der Waals surface area contributed by atoms with Gasteiger partial charge in [0.2, 0.25) is 9.84 Å². The Morgan fingerprint density at radius 3 is 2.36 bits per heavy atom. The van der Waals surface area contributed by atoms with E-state index >= 15 is 0 Å². The van der Waals surface area contributed by atoms with Crippen molar-refractivity contribution in [3.05, 3.63) is 92.3 Å². The first-order valence-corrected chi connectivity index (χ1v) is 12.3. The maximum absolute atomic E-state index is 12.9. The lowest BCUT2D eigenvalue weighted by molar-refractivity contribution is 0.269. The highest BCUT2D eigenvalue weighted by Gasteiger charge is 2.21. The molecule has 0 aromatic heterocycles. The molecular formula is C25H21Cl2NO4S. The predicted octanol–water partition coefficient (Wildman–Crippen LogP) is 6.62. The van der Waals surface area contributed by atoms with Crippen LogP contribution in [0.1, 0.15) is 23.6 Å². The second kappa shape index (κ2) is 10.8. The summed E-state index contributed by atoms with van der Waals surface area (Å²) in [5.74, 6) is 0.876. The Balaban J connectivity index is 1.90. The minimum atomic E-state index is -3.95. The average molecular weight is 502 g/mol. The minimum absolute atomic E-state index is 0.0609. The number of aryl methyl sites for hydroxylation is 1.